The van der Waals surface area contributed by atoms with Crippen molar-refractivity contribution >= 4 is 23.6 Å². The van der Waals surface area contributed by atoms with Crippen molar-refractivity contribution in [2.75, 3.05) is 0 Å². The van der Waals surface area contributed by atoms with Gasteiger partial charge in [-0.15, -0.1) is 0 Å². The van der Waals surface area contributed by atoms with E-state index in [4.69, 9.17) is 5.11 Å². The van der Waals surface area contributed by atoms with Crippen LogP contribution in [-0.2, 0) is 25.4 Å². The number of carboxylic acids is 1. The Morgan fingerprint density at radius 3 is 1.85 bits per heavy atom. The molecule has 2 amide bonds. The average Bonchev–Trinajstić information content (AvgIpc) is 2.70. The summed E-state index contributed by atoms with van der Waals surface area (Å²) in [6, 6.07) is -0.471. The molecule has 0 saturated heterocycles. The van der Waals surface area contributed by atoms with E-state index in [0.29, 0.717) is 12.1 Å². The molecule has 0 heterocycles. The summed E-state index contributed by atoms with van der Waals surface area (Å²) in [7, 11) is 0. The summed E-state index contributed by atoms with van der Waals surface area (Å²) in [6.07, 6.45) is -11.1. The molecule has 0 radical (unpaired) electrons. The van der Waals surface area contributed by atoms with Gasteiger partial charge in [0.2, 0.25) is 12.3 Å². The summed E-state index contributed by atoms with van der Waals surface area (Å²) in [4.78, 5) is 47.4. The molecular weight excluding hydrogens is 459 g/mol. The van der Waals surface area contributed by atoms with Gasteiger partial charge in [0.15, 0.2) is 6.10 Å². The Labute approximate surface area is 185 Å². The average molecular weight is 482 g/mol. The third-order valence-electron chi connectivity index (χ3n) is 4.40. The van der Waals surface area contributed by atoms with E-state index in [9.17, 15) is 46.2 Å². The van der Waals surface area contributed by atoms with E-state index < -0.39 is 66.3 Å². The maximum absolute atomic E-state index is 12.7. The van der Waals surface area contributed by atoms with E-state index in [1.165, 1.54) is 0 Å². The molecule has 1 aromatic rings. The normalized spacial score (nSPS) is 14.5. The van der Waals surface area contributed by atoms with Crippen molar-refractivity contribution in [2.45, 2.75) is 57.5 Å². The molecule has 33 heavy (non-hydrogen) atoms. The third kappa shape index (κ3) is 8.75. The zero-order valence-corrected chi connectivity index (χ0v) is 17.5. The molecule has 1 rings (SSSR count). The SMILES string of the molecule is CC(C)C[C@H](NC(=O)[C@H](O)c1ccc(C(F)(F)F)cc1)C(=O)N[C@@H](CC(F)F)C(=O)C(=O)O. The Hall–Kier alpha value is -3.09. The number of carboxylic acid groups (broad SMARTS) is 1. The number of amides is 2. The summed E-state index contributed by atoms with van der Waals surface area (Å²) in [5, 5.41) is 22.9. The van der Waals surface area contributed by atoms with Gasteiger partial charge in [0.05, 0.1) is 5.56 Å². The summed E-state index contributed by atoms with van der Waals surface area (Å²) in [5.74, 6) is -6.29. The van der Waals surface area contributed by atoms with Crippen LogP contribution in [0.25, 0.3) is 0 Å². The number of alkyl halides is 5. The minimum Gasteiger partial charge on any atom is -0.475 e. The van der Waals surface area contributed by atoms with Gasteiger partial charge in [-0.25, -0.2) is 13.6 Å². The number of Topliss-reactive ketones (excluding diaryl/α,β-unsaturated/α-hetero) is 1. The van der Waals surface area contributed by atoms with Crippen molar-refractivity contribution in [3.8, 4) is 0 Å². The first-order valence-corrected chi connectivity index (χ1v) is 9.64. The highest BCUT2D eigenvalue weighted by Crippen LogP contribution is 2.30. The second kappa shape index (κ2) is 11.7. The van der Waals surface area contributed by atoms with Gasteiger partial charge >= 0.3 is 12.1 Å². The number of hydrogen-bond acceptors (Lipinski definition) is 5. The van der Waals surface area contributed by atoms with Crippen LogP contribution < -0.4 is 10.6 Å². The van der Waals surface area contributed by atoms with E-state index in [2.05, 4.69) is 5.32 Å². The second-order valence-corrected chi connectivity index (χ2v) is 7.57. The molecule has 8 nitrogen and oxygen atoms in total. The van der Waals surface area contributed by atoms with Gasteiger partial charge in [0.1, 0.15) is 12.1 Å². The lowest BCUT2D eigenvalue weighted by molar-refractivity contribution is -0.151. The summed E-state index contributed by atoms with van der Waals surface area (Å²) < 4.78 is 63.4. The number of rotatable bonds is 11. The van der Waals surface area contributed by atoms with Crippen LogP contribution in [0.15, 0.2) is 24.3 Å². The van der Waals surface area contributed by atoms with Crippen LogP contribution in [-0.4, -0.2) is 52.3 Å². The number of halogens is 5. The van der Waals surface area contributed by atoms with E-state index >= 15 is 0 Å². The number of carbonyl (C=O) groups is 4. The molecule has 0 spiro atoms. The van der Waals surface area contributed by atoms with E-state index in [0.717, 1.165) is 12.1 Å². The first-order chi connectivity index (χ1) is 15.1. The van der Waals surface area contributed by atoms with Gasteiger partial charge in [-0.1, -0.05) is 26.0 Å². The maximum atomic E-state index is 12.7. The first kappa shape index (κ1) is 27.9. The van der Waals surface area contributed by atoms with Gasteiger partial charge in [-0.05, 0) is 30.0 Å². The van der Waals surface area contributed by atoms with Gasteiger partial charge in [0.25, 0.3) is 11.7 Å². The number of carbonyl (C=O) groups excluding carboxylic acids is 3. The van der Waals surface area contributed by atoms with Crippen molar-refractivity contribution in [2.24, 2.45) is 5.92 Å². The molecule has 4 N–H and O–H groups in total. The largest absolute Gasteiger partial charge is 0.475 e. The number of hydrogen-bond donors (Lipinski definition) is 4. The van der Waals surface area contributed by atoms with Crippen LogP contribution in [0.4, 0.5) is 22.0 Å². The lowest BCUT2D eigenvalue weighted by Gasteiger charge is -2.24. The zero-order valence-electron chi connectivity index (χ0n) is 17.5. The van der Waals surface area contributed by atoms with Crippen molar-refractivity contribution in [3.05, 3.63) is 35.4 Å². The van der Waals surface area contributed by atoms with Crippen LogP contribution in [0.1, 0.15) is 43.9 Å². The highest BCUT2D eigenvalue weighted by Gasteiger charge is 2.34. The number of aliphatic hydroxyl groups is 1. The molecule has 0 aliphatic rings. The van der Waals surface area contributed by atoms with Crippen LogP contribution in [0.5, 0.6) is 0 Å². The number of aliphatic hydroxyl groups excluding tert-OH is 1. The topological polar surface area (TPSA) is 133 Å². The van der Waals surface area contributed by atoms with Crippen LogP contribution in [0, 0.1) is 5.92 Å². The van der Waals surface area contributed by atoms with Gasteiger partial charge in [0, 0.05) is 6.42 Å². The summed E-state index contributed by atoms with van der Waals surface area (Å²) >= 11 is 0. The Morgan fingerprint density at radius 1 is 0.909 bits per heavy atom. The maximum Gasteiger partial charge on any atom is 0.416 e. The van der Waals surface area contributed by atoms with Crippen LogP contribution in [0.2, 0.25) is 0 Å². The fraction of sp³-hybridized carbons (Fsp3) is 0.500. The smallest absolute Gasteiger partial charge is 0.416 e. The molecule has 0 aromatic heterocycles. The highest BCUT2D eigenvalue weighted by atomic mass is 19.4. The van der Waals surface area contributed by atoms with Crippen molar-refractivity contribution in [1.29, 1.82) is 0 Å². The summed E-state index contributed by atoms with van der Waals surface area (Å²) in [5.41, 5.74) is -1.22. The van der Waals surface area contributed by atoms with E-state index in [1.807, 2.05) is 5.32 Å². The predicted molar refractivity (Wildman–Crippen MR) is 103 cm³/mol. The molecule has 0 fully saturated rings. The van der Waals surface area contributed by atoms with E-state index in [-0.39, 0.29) is 17.9 Å². The molecule has 184 valence electrons. The van der Waals surface area contributed by atoms with Crippen LogP contribution >= 0.6 is 0 Å². The Morgan fingerprint density at radius 2 is 1.42 bits per heavy atom. The van der Waals surface area contributed by atoms with Crippen molar-refractivity contribution < 1.29 is 51.3 Å². The number of aliphatic carboxylic acids is 1. The Balaban J connectivity index is 3.00. The molecular formula is C20H23F5N2O6. The van der Waals surface area contributed by atoms with Gasteiger partial charge in [-0.2, -0.15) is 13.2 Å². The number of benzene rings is 1. The molecule has 0 bridgehead atoms. The molecule has 13 heteroatoms. The highest BCUT2D eigenvalue weighted by molar-refractivity contribution is 6.35. The predicted octanol–water partition coefficient (Wildman–Crippen LogP) is 2.06. The quantitative estimate of drug-likeness (QED) is 0.282. The second-order valence-electron chi connectivity index (χ2n) is 7.57. The van der Waals surface area contributed by atoms with Crippen molar-refractivity contribution in [1.82, 2.24) is 10.6 Å². The molecule has 0 aliphatic heterocycles. The summed E-state index contributed by atoms with van der Waals surface area (Å²) in [6.45, 7) is 3.27. The molecule has 3 atom stereocenters. The first-order valence-electron chi connectivity index (χ1n) is 9.64. The molecule has 0 saturated carbocycles. The van der Waals surface area contributed by atoms with Gasteiger partial charge in [-0.3, -0.25) is 14.4 Å². The fourth-order valence-corrected chi connectivity index (χ4v) is 2.79. The lowest BCUT2D eigenvalue weighted by atomic mass is 10.0. The van der Waals surface area contributed by atoms with Gasteiger partial charge < -0.3 is 20.8 Å². The number of nitrogens with one attached hydrogen (secondary N) is 2. The van der Waals surface area contributed by atoms with E-state index in [1.54, 1.807) is 13.8 Å². The van der Waals surface area contributed by atoms with Crippen LogP contribution in [0.3, 0.4) is 0 Å². The Bertz CT molecular complexity index is 857. The standard InChI is InChI=1S/C20H23F5N2O6/c1-9(2)7-13(17(30)26-12(8-14(21)22)16(29)19(32)33)27-18(31)15(28)10-3-5-11(6-4-10)20(23,24)25/h3-6,9,12-15,28H,7-8H2,1-2H3,(H,26,30)(H,27,31)(H,32,33)/t12-,13-,15+/m0/s1. The molecule has 1 aromatic carbocycles. The molecule has 0 unspecified atom stereocenters. The third-order valence-corrected chi connectivity index (χ3v) is 4.40. The molecule has 0 aliphatic carbocycles. The Kier molecular flexibility index (Phi) is 9.89. The van der Waals surface area contributed by atoms with Crippen molar-refractivity contribution in [3.63, 3.8) is 0 Å². The minimum atomic E-state index is -4.63. The lowest BCUT2D eigenvalue weighted by Crippen LogP contribution is -2.54. The minimum absolute atomic E-state index is 0.0834. The number of ketones is 1. The zero-order chi connectivity index (χ0) is 25.5. The monoisotopic (exact) mass is 482 g/mol. The fourth-order valence-electron chi connectivity index (χ4n) is 2.79.